The molecule has 6 nitrogen and oxygen atoms in total. The standard InChI is InChI=1S/C16H16N4O2/c1-2-22-15(21)16(17,11-6-4-3-5-7-11)12-8-9-13-14(10-12)19-20-18-13/h3-10H,2,17H2,1H3,(H,18,19,20). The second-order valence-corrected chi connectivity index (χ2v) is 4.92. The van der Waals surface area contributed by atoms with E-state index in [1.165, 1.54) is 0 Å². The number of hydrogen-bond acceptors (Lipinski definition) is 5. The lowest BCUT2D eigenvalue weighted by Gasteiger charge is -2.28. The smallest absolute Gasteiger partial charge is 0.335 e. The maximum Gasteiger partial charge on any atom is 0.335 e. The Kier molecular flexibility index (Phi) is 3.60. The zero-order valence-corrected chi connectivity index (χ0v) is 12.1. The van der Waals surface area contributed by atoms with E-state index in [4.69, 9.17) is 10.5 Å². The molecule has 0 aliphatic rings. The summed E-state index contributed by atoms with van der Waals surface area (Å²) in [4.78, 5) is 12.5. The molecule has 3 aromatic rings. The number of benzene rings is 2. The van der Waals surface area contributed by atoms with Crippen LogP contribution < -0.4 is 5.73 Å². The van der Waals surface area contributed by atoms with Gasteiger partial charge >= 0.3 is 5.97 Å². The molecule has 3 N–H and O–H groups in total. The summed E-state index contributed by atoms with van der Waals surface area (Å²) in [5.41, 5.74) is 7.74. The van der Waals surface area contributed by atoms with Crippen LogP contribution in [0.15, 0.2) is 48.5 Å². The molecule has 0 saturated heterocycles. The van der Waals surface area contributed by atoms with Gasteiger partial charge in [-0.25, -0.2) is 4.79 Å². The maximum absolute atomic E-state index is 12.5. The minimum Gasteiger partial charge on any atom is -0.464 e. The lowest BCUT2D eigenvalue weighted by atomic mass is 9.83. The monoisotopic (exact) mass is 296 g/mol. The molecule has 22 heavy (non-hydrogen) atoms. The van der Waals surface area contributed by atoms with E-state index >= 15 is 0 Å². The zero-order valence-electron chi connectivity index (χ0n) is 12.1. The number of fused-ring (bicyclic) bond motifs is 1. The summed E-state index contributed by atoms with van der Waals surface area (Å²) in [6, 6.07) is 14.5. The molecule has 0 aliphatic heterocycles. The second kappa shape index (κ2) is 5.57. The van der Waals surface area contributed by atoms with Crippen molar-refractivity contribution < 1.29 is 9.53 Å². The topological polar surface area (TPSA) is 93.9 Å². The van der Waals surface area contributed by atoms with Gasteiger partial charge in [0.25, 0.3) is 0 Å². The van der Waals surface area contributed by atoms with Crippen LogP contribution in [0.4, 0.5) is 0 Å². The highest BCUT2D eigenvalue weighted by molar-refractivity contribution is 5.88. The van der Waals surface area contributed by atoms with Crippen LogP contribution in [0.2, 0.25) is 0 Å². The van der Waals surface area contributed by atoms with E-state index < -0.39 is 11.5 Å². The number of nitrogens with zero attached hydrogens (tertiary/aromatic N) is 2. The molecule has 0 saturated carbocycles. The Hall–Kier alpha value is -2.73. The van der Waals surface area contributed by atoms with Gasteiger partial charge in [-0.15, -0.1) is 0 Å². The van der Waals surface area contributed by atoms with E-state index in [0.29, 0.717) is 22.2 Å². The van der Waals surface area contributed by atoms with Crippen molar-refractivity contribution in [1.29, 1.82) is 0 Å². The number of H-pyrrole nitrogens is 1. The predicted octanol–water partition coefficient (Wildman–Crippen LogP) is 1.72. The van der Waals surface area contributed by atoms with Crippen molar-refractivity contribution >= 4 is 17.0 Å². The number of esters is 1. The van der Waals surface area contributed by atoms with Gasteiger partial charge in [-0.1, -0.05) is 36.4 Å². The van der Waals surface area contributed by atoms with Crippen LogP contribution in [0.5, 0.6) is 0 Å². The molecule has 1 heterocycles. The highest BCUT2D eigenvalue weighted by Crippen LogP contribution is 2.30. The molecule has 0 radical (unpaired) electrons. The largest absolute Gasteiger partial charge is 0.464 e. The van der Waals surface area contributed by atoms with Crippen LogP contribution in [0.3, 0.4) is 0 Å². The molecule has 1 aromatic heterocycles. The highest BCUT2D eigenvalue weighted by Gasteiger charge is 2.39. The molecule has 1 atom stereocenters. The lowest BCUT2D eigenvalue weighted by Crippen LogP contribution is -2.47. The Morgan fingerprint density at radius 3 is 2.59 bits per heavy atom. The van der Waals surface area contributed by atoms with Crippen molar-refractivity contribution in [3.63, 3.8) is 0 Å². The number of nitrogens with one attached hydrogen (secondary N) is 1. The van der Waals surface area contributed by atoms with E-state index in [-0.39, 0.29) is 6.61 Å². The summed E-state index contributed by atoms with van der Waals surface area (Å²) in [7, 11) is 0. The van der Waals surface area contributed by atoms with Gasteiger partial charge in [-0.3, -0.25) is 0 Å². The summed E-state index contributed by atoms with van der Waals surface area (Å²) in [5, 5.41) is 10.6. The SMILES string of the molecule is CCOC(=O)C(N)(c1ccccc1)c1ccc2n[nH]nc2c1. The Labute approximate surface area is 127 Å². The lowest BCUT2D eigenvalue weighted by molar-refractivity contribution is -0.148. The van der Waals surface area contributed by atoms with Crippen LogP contribution in [0, 0.1) is 0 Å². The number of carbonyl (C=O) groups is 1. The quantitative estimate of drug-likeness (QED) is 0.715. The fraction of sp³-hybridized carbons (Fsp3) is 0.188. The molecule has 0 aliphatic carbocycles. The molecular weight excluding hydrogens is 280 g/mol. The second-order valence-electron chi connectivity index (χ2n) is 4.92. The van der Waals surface area contributed by atoms with Gasteiger partial charge in [0.1, 0.15) is 11.0 Å². The third-order valence-electron chi connectivity index (χ3n) is 3.60. The fourth-order valence-electron chi connectivity index (χ4n) is 2.43. The first kappa shape index (κ1) is 14.2. The number of nitrogens with two attached hydrogens (primary N) is 1. The van der Waals surface area contributed by atoms with Crippen LogP contribution >= 0.6 is 0 Å². The number of ether oxygens (including phenoxy) is 1. The third kappa shape index (κ3) is 2.23. The number of rotatable bonds is 4. The summed E-state index contributed by atoms with van der Waals surface area (Å²) in [6.45, 7) is 2.01. The predicted molar refractivity (Wildman–Crippen MR) is 81.9 cm³/mol. The molecule has 1 unspecified atom stereocenters. The van der Waals surface area contributed by atoms with Crippen molar-refractivity contribution in [2.24, 2.45) is 5.73 Å². The van der Waals surface area contributed by atoms with Crippen LogP contribution in [-0.2, 0) is 15.1 Å². The first-order chi connectivity index (χ1) is 10.7. The third-order valence-corrected chi connectivity index (χ3v) is 3.60. The Balaban J connectivity index is 2.18. The normalized spacial score (nSPS) is 13.7. The van der Waals surface area contributed by atoms with Crippen molar-refractivity contribution in [3.05, 3.63) is 59.7 Å². The van der Waals surface area contributed by atoms with E-state index in [1.54, 1.807) is 25.1 Å². The molecule has 6 heteroatoms. The van der Waals surface area contributed by atoms with Crippen molar-refractivity contribution in [3.8, 4) is 0 Å². The summed E-state index contributed by atoms with van der Waals surface area (Å²) in [5.74, 6) is -0.496. The van der Waals surface area contributed by atoms with Crippen molar-refractivity contribution in [1.82, 2.24) is 15.4 Å². The minimum absolute atomic E-state index is 0.261. The van der Waals surface area contributed by atoms with Crippen LogP contribution in [-0.4, -0.2) is 28.0 Å². The first-order valence-electron chi connectivity index (χ1n) is 6.99. The number of hydrogen-bond donors (Lipinski definition) is 2. The average molecular weight is 296 g/mol. The van der Waals surface area contributed by atoms with Gasteiger partial charge in [0.2, 0.25) is 0 Å². The highest BCUT2D eigenvalue weighted by atomic mass is 16.5. The molecule has 0 spiro atoms. The zero-order chi connectivity index (χ0) is 15.6. The van der Waals surface area contributed by atoms with E-state index in [9.17, 15) is 4.79 Å². The average Bonchev–Trinajstić information content (AvgIpc) is 3.02. The van der Waals surface area contributed by atoms with Gasteiger partial charge < -0.3 is 10.5 Å². The molecular formula is C16H16N4O2. The molecule has 0 fully saturated rings. The van der Waals surface area contributed by atoms with Crippen molar-refractivity contribution in [2.45, 2.75) is 12.5 Å². The Morgan fingerprint density at radius 2 is 1.86 bits per heavy atom. The van der Waals surface area contributed by atoms with Gasteiger partial charge in [-0.2, -0.15) is 15.4 Å². The minimum atomic E-state index is -1.38. The molecule has 0 bridgehead atoms. The molecule has 2 aromatic carbocycles. The summed E-state index contributed by atoms with van der Waals surface area (Å²) < 4.78 is 5.20. The number of carbonyl (C=O) groups excluding carboxylic acids is 1. The van der Waals surface area contributed by atoms with Gasteiger partial charge in [-0.05, 0) is 30.2 Å². The van der Waals surface area contributed by atoms with E-state index in [1.807, 2.05) is 30.3 Å². The van der Waals surface area contributed by atoms with Gasteiger partial charge in [0.15, 0.2) is 5.54 Å². The van der Waals surface area contributed by atoms with Crippen LogP contribution in [0.25, 0.3) is 11.0 Å². The Morgan fingerprint density at radius 1 is 1.14 bits per heavy atom. The van der Waals surface area contributed by atoms with E-state index in [2.05, 4.69) is 15.4 Å². The molecule has 112 valence electrons. The van der Waals surface area contributed by atoms with Crippen molar-refractivity contribution in [2.75, 3.05) is 6.61 Å². The number of aromatic nitrogens is 3. The molecule has 0 amide bonds. The van der Waals surface area contributed by atoms with Gasteiger partial charge in [0.05, 0.1) is 6.61 Å². The van der Waals surface area contributed by atoms with Crippen LogP contribution in [0.1, 0.15) is 18.1 Å². The number of aromatic amines is 1. The first-order valence-corrected chi connectivity index (χ1v) is 6.99. The van der Waals surface area contributed by atoms with Gasteiger partial charge in [0, 0.05) is 0 Å². The molecule has 3 rings (SSSR count). The summed E-state index contributed by atoms with van der Waals surface area (Å²) in [6.07, 6.45) is 0. The summed E-state index contributed by atoms with van der Waals surface area (Å²) >= 11 is 0. The maximum atomic E-state index is 12.5. The van der Waals surface area contributed by atoms with E-state index in [0.717, 1.165) is 0 Å². The Bertz CT molecular complexity index is 800. The fourth-order valence-corrected chi connectivity index (χ4v) is 2.43.